The monoisotopic (exact) mass is 380 g/mol. The lowest BCUT2D eigenvalue weighted by atomic mass is 10.1. The standard InChI is InChI=1S/C22H28N4O2/c1-17-6-4-5-7-20(17)26-14-12-25(13-15-26)16-21(27)23-19-10-8-18(9-11-19)22(28)24(2)3/h4-11H,12-16H2,1-3H3,(H,23,27). The molecule has 0 aromatic heterocycles. The first-order chi connectivity index (χ1) is 13.4. The third-order valence-corrected chi connectivity index (χ3v) is 5.02. The van der Waals surface area contributed by atoms with Gasteiger partial charge in [0.2, 0.25) is 5.91 Å². The Morgan fingerprint density at radius 1 is 0.964 bits per heavy atom. The molecule has 0 spiro atoms. The number of rotatable bonds is 5. The topological polar surface area (TPSA) is 55.9 Å². The zero-order valence-corrected chi connectivity index (χ0v) is 16.8. The Hall–Kier alpha value is -2.86. The molecule has 1 N–H and O–H groups in total. The number of carbonyl (C=O) groups excluding carboxylic acids is 2. The first kappa shape index (κ1) is 19.9. The van der Waals surface area contributed by atoms with Gasteiger partial charge in [-0.05, 0) is 42.8 Å². The van der Waals surface area contributed by atoms with Crippen LogP contribution in [0.3, 0.4) is 0 Å². The summed E-state index contributed by atoms with van der Waals surface area (Å²) in [6.07, 6.45) is 0. The zero-order chi connectivity index (χ0) is 20.1. The third-order valence-electron chi connectivity index (χ3n) is 5.02. The summed E-state index contributed by atoms with van der Waals surface area (Å²) >= 11 is 0. The van der Waals surface area contributed by atoms with Crippen molar-refractivity contribution in [3.63, 3.8) is 0 Å². The molecule has 1 aliphatic heterocycles. The molecule has 0 saturated carbocycles. The van der Waals surface area contributed by atoms with Crippen molar-refractivity contribution >= 4 is 23.2 Å². The lowest BCUT2D eigenvalue weighted by Gasteiger charge is -2.36. The minimum Gasteiger partial charge on any atom is -0.369 e. The number of nitrogens with one attached hydrogen (secondary N) is 1. The molecule has 1 aliphatic rings. The maximum Gasteiger partial charge on any atom is 0.253 e. The van der Waals surface area contributed by atoms with Crippen molar-refractivity contribution in [1.82, 2.24) is 9.80 Å². The predicted octanol–water partition coefficient (Wildman–Crippen LogP) is 2.46. The van der Waals surface area contributed by atoms with E-state index in [1.165, 1.54) is 16.2 Å². The van der Waals surface area contributed by atoms with E-state index in [9.17, 15) is 9.59 Å². The van der Waals surface area contributed by atoms with Gasteiger partial charge in [-0.15, -0.1) is 0 Å². The Kier molecular flexibility index (Phi) is 6.31. The average Bonchev–Trinajstić information content (AvgIpc) is 2.69. The van der Waals surface area contributed by atoms with Gasteiger partial charge in [0.1, 0.15) is 0 Å². The number of anilines is 2. The maximum absolute atomic E-state index is 12.4. The number of hydrogen-bond acceptors (Lipinski definition) is 4. The largest absolute Gasteiger partial charge is 0.369 e. The van der Waals surface area contributed by atoms with Crippen LogP contribution in [0.25, 0.3) is 0 Å². The molecule has 2 aromatic rings. The van der Waals surface area contributed by atoms with Crippen LogP contribution in [-0.2, 0) is 4.79 Å². The number of amides is 2. The van der Waals surface area contributed by atoms with Crippen molar-refractivity contribution < 1.29 is 9.59 Å². The van der Waals surface area contributed by atoms with Crippen LogP contribution >= 0.6 is 0 Å². The molecule has 0 aliphatic carbocycles. The van der Waals surface area contributed by atoms with Gasteiger partial charge in [-0.1, -0.05) is 18.2 Å². The quantitative estimate of drug-likeness (QED) is 0.866. The van der Waals surface area contributed by atoms with Crippen LogP contribution in [0.15, 0.2) is 48.5 Å². The molecule has 0 radical (unpaired) electrons. The first-order valence-corrected chi connectivity index (χ1v) is 9.58. The number of nitrogens with zero attached hydrogens (tertiary/aromatic N) is 3. The van der Waals surface area contributed by atoms with Gasteiger partial charge in [-0.2, -0.15) is 0 Å². The number of aryl methyl sites for hydroxylation is 1. The van der Waals surface area contributed by atoms with Crippen LogP contribution in [0.1, 0.15) is 15.9 Å². The van der Waals surface area contributed by atoms with Gasteiger partial charge in [0.25, 0.3) is 5.91 Å². The second-order valence-corrected chi connectivity index (χ2v) is 7.37. The van der Waals surface area contributed by atoms with Gasteiger partial charge in [0.15, 0.2) is 0 Å². The van der Waals surface area contributed by atoms with E-state index in [1.807, 2.05) is 0 Å². The molecule has 148 valence electrons. The van der Waals surface area contributed by atoms with Crippen LogP contribution < -0.4 is 10.2 Å². The Bertz CT molecular complexity index is 825. The second kappa shape index (κ2) is 8.89. The van der Waals surface area contributed by atoms with Crippen LogP contribution in [0.5, 0.6) is 0 Å². The van der Waals surface area contributed by atoms with Crippen LogP contribution in [0.4, 0.5) is 11.4 Å². The molecule has 2 aromatic carbocycles. The van der Waals surface area contributed by atoms with Gasteiger partial charge in [0.05, 0.1) is 6.54 Å². The predicted molar refractivity (Wildman–Crippen MR) is 113 cm³/mol. The summed E-state index contributed by atoms with van der Waals surface area (Å²) in [7, 11) is 3.44. The molecule has 28 heavy (non-hydrogen) atoms. The van der Waals surface area contributed by atoms with Crippen LogP contribution in [0, 0.1) is 6.92 Å². The van der Waals surface area contributed by atoms with E-state index in [-0.39, 0.29) is 11.8 Å². The van der Waals surface area contributed by atoms with E-state index in [0.717, 1.165) is 26.2 Å². The van der Waals surface area contributed by atoms with E-state index in [0.29, 0.717) is 17.8 Å². The summed E-state index contributed by atoms with van der Waals surface area (Å²) < 4.78 is 0. The molecule has 6 heteroatoms. The van der Waals surface area contributed by atoms with Gasteiger partial charge >= 0.3 is 0 Å². The maximum atomic E-state index is 12.4. The Morgan fingerprint density at radius 2 is 1.61 bits per heavy atom. The fraction of sp³-hybridized carbons (Fsp3) is 0.364. The first-order valence-electron chi connectivity index (χ1n) is 9.58. The van der Waals surface area contributed by atoms with E-state index < -0.39 is 0 Å². The third kappa shape index (κ3) is 4.89. The summed E-state index contributed by atoms with van der Waals surface area (Å²) in [6.45, 7) is 6.06. The van der Waals surface area contributed by atoms with E-state index in [1.54, 1.807) is 38.4 Å². The van der Waals surface area contributed by atoms with Crippen molar-refractivity contribution in [2.75, 3.05) is 57.0 Å². The molecule has 3 rings (SSSR count). The highest BCUT2D eigenvalue weighted by Gasteiger charge is 2.20. The van der Waals surface area contributed by atoms with E-state index in [4.69, 9.17) is 0 Å². The lowest BCUT2D eigenvalue weighted by Crippen LogP contribution is -2.48. The highest BCUT2D eigenvalue weighted by molar-refractivity contribution is 5.96. The molecule has 1 heterocycles. The van der Waals surface area contributed by atoms with Gasteiger partial charge in [-0.3, -0.25) is 14.5 Å². The van der Waals surface area contributed by atoms with E-state index >= 15 is 0 Å². The summed E-state index contributed by atoms with van der Waals surface area (Å²) in [5.74, 6) is -0.0829. The lowest BCUT2D eigenvalue weighted by molar-refractivity contribution is -0.117. The zero-order valence-electron chi connectivity index (χ0n) is 16.8. The molecule has 2 amide bonds. The minimum absolute atomic E-state index is 0.0315. The molecule has 0 bridgehead atoms. The van der Waals surface area contributed by atoms with Gasteiger partial charge in [-0.25, -0.2) is 0 Å². The number of benzene rings is 2. The van der Waals surface area contributed by atoms with Crippen molar-refractivity contribution in [2.24, 2.45) is 0 Å². The smallest absolute Gasteiger partial charge is 0.253 e. The summed E-state index contributed by atoms with van der Waals surface area (Å²) in [5, 5.41) is 2.92. The molecule has 1 saturated heterocycles. The Labute approximate surface area is 166 Å². The molecule has 1 fully saturated rings. The van der Waals surface area contributed by atoms with Crippen molar-refractivity contribution in [1.29, 1.82) is 0 Å². The fourth-order valence-electron chi connectivity index (χ4n) is 3.42. The molecular formula is C22H28N4O2. The van der Waals surface area contributed by atoms with Gasteiger partial charge in [0, 0.05) is 57.2 Å². The normalized spacial score (nSPS) is 14.6. The number of piperazine rings is 1. The SMILES string of the molecule is Cc1ccccc1N1CCN(CC(=O)Nc2ccc(C(=O)N(C)C)cc2)CC1. The Morgan fingerprint density at radius 3 is 2.21 bits per heavy atom. The summed E-state index contributed by atoms with van der Waals surface area (Å²) in [6, 6.07) is 15.4. The van der Waals surface area contributed by atoms with Crippen molar-refractivity contribution in [3.05, 3.63) is 59.7 Å². The molecule has 6 nitrogen and oxygen atoms in total. The van der Waals surface area contributed by atoms with Crippen molar-refractivity contribution in [3.8, 4) is 0 Å². The van der Waals surface area contributed by atoms with Gasteiger partial charge < -0.3 is 15.1 Å². The van der Waals surface area contributed by atoms with Crippen LogP contribution in [0.2, 0.25) is 0 Å². The number of carbonyl (C=O) groups is 2. The summed E-state index contributed by atoms with van der Waals surface area (Å²) in [4.78, 5) is 30.4. The van der Waals surface area contributed by atoms with Crippen molar-refractivity contribution in [2.45, 2.75) is 6.92 Å². The highest BCUT2D eigenvalue weighted by atomic mass is 16.2. The second-order valence-electron chi connectivity index (χ2n) is 7.37. The fourth-order valence-corrected chi connectivity index (χ4v) is 3.42. The average molecular weight is 380 g/mol. The highest BCUT2D eigenvalue weighted by Crippen LogP contribution is 2.20. The molecular weight excluding hydrogens is 352 g/mol. The number of hydrogen-bond donors (Lipinski definition) is 1. The van der Waals surface area contributed by atoms with Crippen LogP contribution in [-0.4, -0.2) is 68.4 Å². The molecule has 0 atom stereocenters. The Balaban J connectivity index is 1.48. The molecule has 0 unspecified atom stereocenters. The van der Waals surface area contributed by atoms with E-state index in [2.05, 4.69) is 46.3 Å². The summed E-state index contributed by atoms with van der Waals surface area (Å²) in [5.41, 5.74) is 3.87. The minimum atomic E-state index is -0.0515. The number of para-hydroxylation sites is 1.